The molecule has 3 rings (SSSR count). The lowest BCUT2D eigenvalue weighted by atomic mass is 9.95. The van der Waals surface area contributed by atoms with E-state index in [0.717, 1.165) is 25.8 Å². The zero-order chi connectivity index (χ0) is 17.1. The number of likely N-dealkylation sites (N-methyl/N-ethyl adjacent to an activating group) is 1. The molecule has 1 unspecified atom stereocenters. The smallest absolute Gasteiger partial charge is 0.303 e. The van der Waals surface area contributed by atoms with Crippen LogP contribution in [-0.2, 0) is 17.6 Å². The van der Waals surface area contributed by atoms with Gasteiger partial charge in [-0.15, -0.1) is 0 Å². The number of hydrogen-bond acceptors (Lipinski definition) is 2. The van der Waals surface area contributed by atoms with E-state index in [1.807, 2.05) is 6.92 Å². The highest BCUT2D eigenvalue weighted by molar-refractivity contribution is 5.71. The Balaban J connectivity index is 1.73. The average Bonchev–Trinajstić information content (AvgIpc) is 2.93. The largest absolute Gasteiger partial charge is 0.481 e. The van der Waals surface area contributed by atoms with Gasteiger partial charge < -0.3 is 10.0 Å². The number of nitrogens with zero attached hydrogens (tertiary/aromatic N) is 1. The number of rotatable bonds is 6. The summed E-state index contributed by atoms with van der Waals surface area (Å²) >= 11 is 0. The topological polar surface area (TPSA) is 40.5 Å². The van der Waals surface area contributed by atoms with Gasteiger partial charge in [-0.05, 0) is 59.6 Å². The van der Waals surface area contributed by atoms with Crippen LogP contribution in [0.2, 0.25) is 0 Å². The van der Waals surface area contributed by atoms with Crippen LogP contribution in [0, 0.1) is 5.92 Å². The molecule has 1 heterocycles. The lowest BCUT2D eigenvalue weighted by Gasteiger charge is -2.13. The van der Waals surface area contributed by atoms with Crippen molar-refractivity contribution in [1.82, 2.24) is 0 Å². The molecule has 0 fully saturated rings. The maximum atomic E-state index is 10.8. The molecule has 2 aromatic rings. The van der Waals surface area contributed by atoms with Crippen molar-refractivity contribution in [2.75, 3.05) is 18.5 Å². The Morgan fingerprint density at radius 1 is 1.21 bits per heavy atom. The average molecular weight is 323 g/mol. The van der Waals surface area contributed by atoms with Crippen LogP contribution in [0.4, 0.5) is 5.69 Å². The second-order valence-electron chi connectivity index (χ2n) is 6.96. The van der Waals surface area contributed by atoms with E-state index in [2.05, 4.69) is 54.4 Å². The third-order valence-electron chi connectivity index (χ3n) is 4.92. The van der Waals surface area contributed by atoms with Crippen molar-refractivity contribution < 1.29 is 9.90 Å². The number of carbonyl (C=O) groups is 1. The molecule has 0 aliphatic carbocycles. The first-order valence-corrected chi connectivity index (χ1v) is 8.68. The molecule has 0 saturated carbocycles. The number of hydrogen-bond donors (Lipinski definition) is 1. The van der Waals surface area contributed by atoms with E-state index in [-0.39, 0.29) is 12.3 Å². The summed E-state index contributed by atoms with van der Waals surface area (Å²) in [4.78, 5) is 13.1. The summed E-state index contributed by atoms with van der Waals surface area (Å²) in [7, 11) is 2.14. The van der Waals surface area contributed by atoms with Crippen LogP contribution in [0.5, 0.6) is 0 Å². The molecule has 3 nitrogen and oxygen atoms in total. The summed E-state index contributed by atoms with van der Waals surface area (Å²) < 4.78 is 0. The summed E-state index contributed by atoms with van der Waals surface area (Å²) in [5.74, 6) is -0.499. The van der Waals surface area contributed by atoms with Gasteiger partial charge in [0, 0.05) is 25.7 Å². The molecule has 0 aromatic heterocycles. The van der Waals surface area contributed by atoms with Gasteiger partial charge in [0.1, 0.15) is 0 Å². The normalized spacial score (nSPS) is 14.5. The van der Waals surface area contributed by atoms with Gasteiger partial charge in [-0.3, -0.25) is 4.79 Å². The van der Waals surface area contributed by atoms with Gasteiger partial charge in [0.2, 0.25) is 0 Å². The van der Waals surface area contributed by atoms with Crippen LogP contribution in [-0.4, -0.2) is 24.7 Å². The monoisotopic (exact) mass is 323 g/mol. The summed E-state index contributed by atoms with van der Waals surface area (Å²) in [5.41, 5.74) is 6.57. The van der Waals surface area contributed by atoms with Crippen molar-refractivity contribution in [2.45, 2.75) is 32.6 Å². The molecule has 0 radical (unpaired) electrons. The SMILES string of the molecule is CC(CCc1cccc(-c2ccc3c(c2)CCN3C)c1)CC(=O)O. The van der Waals surface area contributed by atoms with Crippen molar-refractivity contribution >= 4 is 11.7 Å². The van der Waals surface area contributed by atoms with Gasteiger partial charge in [-0.2, -0.15) is 0 Å². The van der Waals surface area contributed by atoms with Crippen LogP contribution < -0.4 is 4.90 Å². The maximum absolute atomic E-state index is 10.8. The fourth-order valence-electron chi connectivity index (χ4n) is 3.47. The molecular weight excluding hydrogens is 298 g/mol. The highest BCUT2D eigenvalue weighted by Gasteiger charge is 2.16. The molecule has 3 heteroatoms. The van der Waals surface area contributed by atoms with E-state index < -0.39 is 5.97 Å². The number of anilines is 1. The molecule has 1 aliphatic rings. The van der Waals surface area contributed by atoms with Crippen molar-refractivity contribution in [3.63, 3.8) is 0 Å². The van der Waals surface area contributed by atoms with E-state index in [4.69, 9.17) is 5.11 Å². The number of aryl methyl sites for hydroxylation is 1. The summed E-state index contributed by atoms with van der Waals surface area (Å²) in [6.07, 6.45) is 3.20. The lowest BCUT2D eigenvalue weighted by Crippen LogP contribution is -2.12. The van der Waals surface area contributed by atoms with Crippen LogP contribution in [0.1, 0.15) is 30.9 Å². The molecule has 24 heavy (non-hydrogen) atoms. The first-order valence-electron chi connectivity index (χ1n) is 8.68. The van der Waals surface area contributed by atoms with Crippen LogP contribution >= 0.6 is 0 Å². The Hall–Kier alpha value is -2.29. The summed E-state index contributed by atoms with van der Waals surface area (Å²) in [6, 6.07) is 15.4. The zero-order valence-corrected chi connectivity index (χ0v) is 14.5. The molecule has 0 amide bonds. The molecule has 0 bridgehead atoms. The van der Waals surface area contributed by atoms with Crippen molar-refractivity contribution in [3.05, 3.63) is 53.6 Å². The maximum Gasteiger partial charge on any atom is 0.303 e. The van der Waals surface area contributed by atoms with E-state index in [1.165, 1.54) is 27.9 Å². The Labute approximate surface area is 143 Å². The molecule has 126 valence electrons. The van der Waals surface area contributed by atoms with Gasteiger partial charge in [-0.1, -0.05) is 37.3 Å². The Bertz CT molecular complexity index is 738. The van der Waals surface area contributed by atoms with Gasteiger partial charge >= 0.3 is 5.97 Å². The third-order valence-corrected chi connectivity index (χ3v) is 4.92. The summed E-state index contributed by atoms with van der Waals surface area (Å²) in [5, 5.41) is 8.87. The Morgan fingerprint density at radius 3 is 2.79 bits per heavy atom. The lowest BCUT2D eigenvalue weighted by molar-refractivity contribution is -0.138. The fraction of sp³-hybridized carbons (Fsp3) is 0.381. The number of carboxylic acid groups (broad SMARTS) is 1. The van der Waals surface area contributed by atoms with E-state index in [9.17, 15) is 4.79 Å². The van der Waals surface area contributed by atoms with Gasteiger partial charge in [-0.25, -0.2) is 0 Å². The minimum absolute atomic E-state index is 0.210. The van der Waals surface area contributed by atoms with E-state index in [1.54, 1.807) is 0 Å². The van der Waals surface area contributed by atoms with Gasteiger partial charge in [0.05, 0.1) is 0 Å². The van der Waals surface area contributed by atoms with Crippen LogP contribution in [0.3, 0.4) is 0 Å². The first-order chi connectivity index (χ1) is 11.5. The minimum Gasteiger partial charge on any atom is -0.481 e. The third kappa shape index (κ3) is 3.78. The molecule has 0 spiro atoms. The van der Waals surface area contributed by atoms with Crippen LogP contribution in [0.25, 0.3) is 11.1 Å². The molecule has 0 saturated heterocycles. The molecule has 1 aliphatic heterocycles. The zero-order valence-electron chi connectivity index (χ0n) is 14.5. The number of benzene rings is 2. The number of carboxylic acids is 1. The first kappa shape index (κ1) is 16.6. The van der Waals surface area contributed by atoms with Crippen molar-refractivity contribution in [1.29, 1.82) is 0 Å². The molecule has 1 N–H and O–H groups in total. The quantitative estimate of drug-likeness (QED) is 0.857. The number of aliphatic carboxylic acids is 1. The van der Waals surface area contributed by atoms with E-state index >= 15 is 0 Å². The van der Waals surface area contributed by atoms with Crippen LogP contribution in [0.15, 0.2) is 42.5 Å². The molecule has 2 aromatic carbocycles. The Morgan fingerprint density at radius 2 is 2.00 bits per heavy atom. The van der Waals surface area contributed by atoms with E-state index in [0.29, 0.717) is 0 Å². The van der Waals surface area contributed by atoms with Gasteiger partial charge in [0.15, 0.2) is 0 Å². The van der Waals surface area contributed by atoms with Crippen molar-refractivity contribution in [2.24, 2.45) is 5.92 Å². The summed E-state index contributed by atoms with van der Waals surface area (Å²) in [6.45, 7) is 3.11. The minimum atomic E-state index is -0.709. The Kier molecular flexibility index (Phi) is 4.89. The predicted octanol–water partition coefficient (Wildman–Crippen LogP) is 4.39. The standard InChI is InChI=1S/C21H25NO2/c1-15(12-21(23)24)6-7-16-4-3-5-17(13-16)18-8-9-20-19(14-18)10-11-22(20)2/h3-5,8-9,13-15H,6-7,10-12H2,1-2H3,(H,23,24). The van der Waals surface area contributed by atoms with Gasteiger partial charge in [0.25, 0.3) is 0 Å². The molecule has 1 atom stereocenters. The van der Waals surface area contributed by atoms with Crippen molar-refractivity contribution in [3.8, 4) is 11.1 Å². The second-order valence-corrected chi connectivity index (χ2v) is 6.96. The highest BCUT2D eigenvalue weighted by atomic mass is 16.4. The second kappa shape index (κ2) is 7.08. The molecular formula is C21H25NO2. The number of fused-ring (bicyclic) bond motifs is 1. The fourth-order valence-corrected chi connectivity index (χ4v) is 3.47. The predicted molar refractivity (Wildman–Crippen MR) is 98.6 cm³/mol. The highest BCUT2D eigenvalue weighted by Crippen LogP contribution is 2.31.